The Bertz CT molecular complexity index is 512. The zero-order chi connectivity index (χ0) is 16.7. The topological polar surface area (TPSA) is 42.9 Å². The molecular weight excluding hydrogens is 286 g/mol. The van der Waals surface area contributed by atoms with E-state index in [1.165, 1.54) is 30.6 Å². The SMILES string of the molecule is CCN1CCCC1CNC(=NC)NCc1cccc(N(C)C)c1. The van der Waals surface area contributed by atoms with Gasteiger partial charge in [-0.05, 0) is 43.6 Å². The van der Waals surface area contributed by atoms with Gasteiger partial charge in [0, 0.05) is 46.0 Å². The minimum atomic E-state index is 0.635. The first-order valence-electron chi connectivity index (χ1n) is 8.59. The second-order valence-electron chi connectivity index (χ2n) is 6.30. The summed E-state index contributed by atoms with van der Waals surface area (Å²) < 4.78 is 0. The van der Waals surface area contributed by atoms with E-state index < -0.39 is 0 Å². The van der Waals surface area contributed by atoms with Gasteiger partial charge >= 0.3 is 0 Å². The number of anilines is 1. The highest BCUT2D eigenvalue weighted by Gasteiger charge is 2.22. The van der Waals surface area contributed by atoms with Gasteiger partial charge in [0.1, 0.15) is 0 Å². The molecule has 0 aliphatic carbocycles. The molecule has 1 saturated heterocycles. The van der Waals surface area contributed by atoms with Crippen molar-refractivity contribution >= 4 is 11.6 Å². The molecule has 1 aliphatic rings. The molecule has 0 spiro atoms. The van der Waals surface area contributed by atoms with Crippen molar-refractivity contribution in [3.8, 4) is 0 Å². The molecule has 1 atom stereocenters. The summed E-state index contributed by atoms with van der Waals surface area (Å²) in [5, 5.41) is 6.88. The number of rotatable bonds is 6. The molecule has 128 valence electrons. The first-order chi connectivity index (χ1) is 11.1. The minimum absolute atomic E-state index is 0.635. The van der Waals surface area contributed by atoms with Gasteiger partial charge in [-0.1, -0.05) is 19.1 Å². The van der Waals surface area contributed by atoms with Crippen LogP contribution < -0.4 is 15.5 Å². The fraction of sp³-hybridized carbons (Fsp3) is 0.611. The summed E-state index contributed by atoms with van der Waals surface area (Å²) in [4.78, 5) is 9.00. The van der Waals surface area contributed by atoms with Gasteiger partial charge in [0.25, 0.3) is 0 Å². The zero-order valence-corrected chi connectivity index (χ0v) is 15.0. The Labute approximate surface area is 140 Å². The lowest BCUT2D eigenvalue weighted by molar-refractivity contribution is 0.267. The molecule has 1 fully saturated rings. The van der Waals surface area contributed by atoms with Gasteiger partial charge < -0.3 is 15.5 Å². The number of nitrogens with zero attached hydrogens (tertiary/aromatic N) is 3. The first-order valence-corrected chi connectivity index (χ1v) is 8.59. The van der Waals surface area contributed by atoms with Crippen LogP contribution in [0.5, 0.6) is 0 Å². The maximum Gasteiger partial charge on any atom is 0.191 e. The monoisotopic (exact) mass is 317 g/mol. The molecule has 1 unspecified atom stereocenters. The lowest BCUT2D eigenvalue weighted by atomic mass is 10.2. The lowest BCUT2D eigenvalue weighted by Gasteiger charge is -2.24. The minimum Gasteiger partial charge on any atom is -0.378 e. The fourth-order valence-corrected chi connectivity index (χ4v) is 3.11. The largest absolute Gasteiger partial charge is 0.378 e. The van der Waals surface area contributed by atoms with E-state index in [2.05, 4.69) is 70.7 Å². The van der Waals surface area contributed by atoms with E-state index in [-0.39, 0.29) is 0 Å². The first kappa shape index (κ1) is 17.6. The van der Waals surface area contributed by atoms with Gasteiger partial charge in [-0.15, -0.1) is 0 Å². The Morgan fingerprint density at radius 3 is 2.87 bits per heavy atom. The third-order valence-electron chi connectivity index (χ3n) is 4.52. The van der Waals surface area contributed by atoms with Crippen LogP contribution in [0, 0.1) is 0 Å². The predicted molar refractivity (Wildman–Crippen MR) is 99.2 cm³/mol. The van der Waals surface area contributed by atoms with Crippen molar-refractivity contribution in [1.82, 2.24) is 15.5 Å². The number of likely N-dealkylation sites (N-methyl/N-ethyl adjacent to an activating group) is 1. The normalized spacial score (nSPS) is 19.0. The van der Waals surface area contributed by atoms with Crippen LogP contribution in [0.1, 0.15) is 25.3 Å². The van der Waals surface area contributed by atoms with E-state index in [9.17, 15) is 0 Å². The average Bonchev–Trinajstić information content (AvgIpc) is 3.02. The number of nitrogens with one attached hydrogen (secondary N) is 2. The molecule has 2 rings (SSSR count). The Morgan fingerprint density at radius 2 is 2.17 bits per heavy atom. The standard InChI is InChI=1S/C18H31N5/c1-5-23-11-7-10-17(23)14-21-18(19-2)20-13-15-8-6-9-16(12-15)22(3)4/h6,8-9,12,17H,5,7,10-11,13-14H2,1-4H3,(H2,19,20,21). The molecule has 23 heavy (non-hydrogen) atoms. The summed E-state index contributed by atoms with van der Waals surface area (Å²) in [6.07, 6.45) is 2.59. The van der Waals surface area contributed by atoms with Gasteiger partial charge in [-0.2, -0.15) is 0 Å². The summed E-state index contributed by atoms with van der Waals surface area (Å²) in [5.74, 6) is 0.878. The highest BCUT2D eigenvalue weighted by Crippen LogP contribution is 2.15. The Balaban J connectivity index is 1.82. The number of hydrogen-bond acceptors (Lipinski definition) is 3. The van der Waals surface area contributed by atoms with E-state index in [4.69, 9.17) is 0 Å². The molecule has 0 amide bonds. The van der Waals surface area contributed by atoms with Crippen molar-refractivity contribution in [1.29, 1.82) is 0 Å². The van der Waals surface area contributed by atoms with Crippen molar-refractivity contribution < 1.29 is 0 Å². The van der Waals surface area contributed by atoms with Gasteiger partial charge in [0.2, 0.25) is 0 Å². The zero-order valence-electron chi connectivity index (χ0n) is 15.0. The molecule has 0 saturated carbocycles. The van der Waals surface area contributed by atoms with Gasteiger partial charge in [0.15, 0.2) is 5.96 Å². The van der Waals surface area contributed by atoms with Crippen molar-refractivity contribution in [2.45, 2.75) is 32.4 Å². The van der Waals surface area contributed by atoms with Gasteiger partial charge in [0.05, 0.1) is 0 Å². The second-order valence-corrected chi connectivity index (χ2v) is 6.30. The Kier molecular flexibility index (Phi) is 6.71. The van der Waals surface area contributed by atoms with Crippen LogP contribution in [-0.2, 0) is 6.54 Å². The van der Waals surface area contributed by atoms with E-state index in [0.29, 0.717) is 6.04 Å². The highest BCUT2D eigenvalue weighted by molar-refractivity contribution is 5.79. The second kappa shape index (κ2) is 8.77. The quantitative estimate of drug-likeness (QED) is 0.621. The maximum atomic E-state index is 4.34. The van der Waals surface area contributed by atoms with Gasteiger partial charge in [-0.3, -0.25) is 9.89 Å². The van der Waals surface area contributed by atoms with E-state index >= 15 is 0 Å². The average molecular weight is 317 g/mol. The molecule has 1 aromatic rings. The van der Waals surface area contributed by atoms with Crippen molar-refractivity contribution in [3.05, 3.63) is 29.8 Å². The third kappa shape index (κ3) is 5.13. The van der Waals surface area contributed by atoms with Crippen molar-refractivity contribution in [2.75, 3.05) is 45.7 Å². The van der Waals surface area contributed by atoms with Crippen molar-refractivity contribution in [2.24, 2.45) is 4.99 Å². The molecule has 5 heteroatoms. The highest BCUT2D eigenvalue weighted by atomic mass is 15.2. The van der Waals surface area contributed by atoms with Crippen LogP contribution in [0.4, 0.5) is 5.69 Å². The Hall–Kier alpha value is -1.75. The molecule has 0 bridgehead atoms. The number of hydrogen-bond donors (Lipinski definition) is 2. The number of guanidine groups is 1. The molecule has 1 aromatic carbocycles. The van der Waals surface area contributed by atoms with Gasteiger partial charge in [-0.25, -0.2) is 0 Å². The van der Waals surface area contributed by atoms with E-state index in [1.54, 1.807) is 0 Å². The molecule has 0 aromatic heterocycles. The summed E-state index contributed by atoms with van der Waals surface area (Å²) in [6.45, 7) is 6.35. The predicted octanol–water partition coefficient (Wildman–Crippen LogP) is 1.90. The van der Waals surface area contributed by atoms with Crippen molar-refractivity contribution in [3.63, 3.8) is 0 Å². The molecule has 1 aliphatic heterocycles. The number of benzene rings is 1. The molecule has 0 radical (unpaired) electrons. The Morgan fingerprint density at radius 1 is 1.35 bits per heavy atom. The molecule has 5 nitrogen and oxygen atoms in total. The van der Waals surface area contributed by atoms with Crippen LogP contribution >= 0.6 is 0 Å². The summed E-state index contributed by atoms with van der Waals surface area (Å²) >= 11 is 0. The third-order valence-corrected chi connectivity index (χ3v) is 4.52. The van der Waals surface area contributed by atoms with Crippen LogP contribution in [-0.4, -0.2) is 57.7 Å². The lowest BCUT2D eigenvalue weighted by Crippen LogP contribution is -2.44. The fourth-order valence-electron chi connectivity index (χ4n) is 3.11. The van der Waals surface area contributed by atoms with E-state index in [1.807, 2.05) is 7.05 Å². The maximum absolute atomic E-state index is 4.34. The van der Waals surface area contributed by atoms with Crippen LogP contribution in [0.2, 0.25) is 0 Å². The smallest absolute Gasteiger partial charge is 0.191 e. The summed E-state index contributed by atoms with van der Waals surface area (Å²) in [6, 6.07) is 9.20. The van der Waals surface area contributed by atoms with Crippen LogP contribution in [0.15, 0.2) is 29.3 Å². The molecule has 2 N–H and O–H groups in total. The number of likely N-dealkylation sites (tertiary alicyclic amines) is 1. The molecular formula is C18H31N5. The number of aliphatic imine (C=N–C) groups is 1. The molecule has 1 heterocycles. The van der Waals surface area contributed by atoms with Crippen LogP contribution in [0.25, 0.3) is 0 Å². The van der Waals surface area contributed by atoms with Crippen LogP contribution in [0.3, 0.4) is 0 Å². The summed E-state index contributed by atoms with van der Waals surface area (Å²) in [7, 11) is 5.96. The summed E-state index contributed by atoms with van der Waals surface area (Å²) in [5.41, 5.74) is 2.48. The van der Waals surface area contributed by atoms with E-state index in [0.717, 1.165) is 25.6 Å².